The summed E-state index contributed by atoms with van der Waals surface area (Å²) in [6.07, 6.45) is 0. The Labute approximate surface area is 113 Å². The maximum atomic E-state index is 4.54. The monoisotopic (exact) mass is 273 g/mol. The lowest BCUT2D eigenvalue weighted by atomic mass is 10.2. The highest BCUT2D eigenvalue weighted by molar-refractivity contribution is 8.01. The lowest BCUT2D eigenvalue weighted by Crippen LogP contribution is -1.98. The number of hydrogen-bond donors (Lipinski definition) is 1. The Kier molecular flexibility index (Phi) is 3.17. The molecule has 5 heteroatoms. The molecule has 0 aliphatic heterocycles. The Bertz CT molecular complexity index is 665. The first-order valence-electron chi connectivity index (χ1n) is 5.53. The van der Waals surface area contributed by atoms with Gasteiger partial charge in [-0.05, 0) is 17.5 Å². The number of rotatable bonds is 3. The van der Waals surface area contributed by atoms with Crippen LogP contribution in [0.4, 0.5) is 5.95 Å². The molecule has 0 fully saturated rings. The molecule has 1 aromatic carbocycles. The summed E-state index contributed by atoms with van der Waals surface area (Å²) in [5, 5.41) is 7.17. The molecule has 3 rings (SSSR count). The van der Waals surface area contributed by atoms with Crippen LogP contribution in [0.3, 0.4) is 0 Å². The standard InChI is InChI=1S/C13H11N3S2/c1-14-13-15-10-6-3-2-5-9(10)12(16-13)18-11-7-4-8-17-11/h2-8H,1H3,(H,14,15,16). The first kappa shape index (κ1) is 11.5. The van der Waals surface area contributed by atoms with Crippen LogP contribution in [0.15, 0.2) is 51.0 Å². The highest BCUT2D eigenvalue weighted by Crippen LogP contribution is 2.34. The number of para-hydroxylation sites is 1. The number of anilines is 1. The topological polar surface area (TPSA) is 37.8 Å². The van der Waals surface area contributed by atoms with Crippen molar-refractivity contribution in [2.75, 3.05) is 12.4 Å². The Morgan fingerprint density at radius 3 is 2.78 bits per heavy atom. The van der Waals surface area contributed by atoms with Gasteiger partial charge >= 0.3 is 0 Å². The van der Waals surface area contributed by atoms with Crippen LogP contribution < -0.4 is 5.32 Å². The molecular formula is C13H11N3S2. The van der Waals surface area contributed by atoms with Crippen LogP contribution in [0.1, 0.15) is 0 Å². The van der Waals surface area contributed by atoms with Crippen molar-refractivity contribution >= 4 is 39.9 Å². The average Bonchev–Trinajstić information content (AvgIpc) is 2.91. The van der Waals surface area contributed by atoms with E-state index in [4.69, 9.17) is 0 Å². The third-order valence-electron chi connectivity index (χ3n) is 2.48. The highest BCUT2D eigenvalue weighted by atomic mass is 32.2. The second-order valence-electron chi connectivity index (χ2n) is 3.65. The van der Waals surface area contributed by atoms with Gasteiger partial charge in [-0.3, -0.25) is 0 Å². The van der Waals surface area contributed by atoms with Gasteiger partial charge in [-0.25, -0.2) is 9.97 Å². The zero-order chi connectivity index (χ0) is 12.4. The molecule has 0 aliphatic carbocycles. The predicted molar refractivity (Wildman–Crippen MR) is 77.5 cm³/mol. The van der Waals surface area contributed by atoms with Gasteiger partial charge in [0.1, 0.15) is 5.03 Å². The van der Waals surface area contributed by atoms with Gasteiger partial charge < -0.3 is 5.32 Å². The number of nitrogens with zero attached hydrogens (tertiary/aromatic N) is 2. The molecule has 2 heterocycles. The maximum Gasteiger partial charge on any atom is 0.224 e. The smallest absolute Gasteiger partial charge is 0.224 e. The molecule has 3 aromatic rings. The minimum Gasteiger partial charge on any atom is -0.357 e. The second kappa shape index (κ2) is 4.96. The number of thiophene rings is 1. The van der Waals surface area contributed by atoms with Crippen molar-refractivity contribution in [3.05, 3.63) is 41.8 Å². The molecule has 3 nitrogen and oxygen atoms in total. The normalized spacial score (nSPS) is 10.7. The molecule has 18 heavy (non-hydrogen) atoms. The molecule has 0 amide bonds. The highest BCUT2D eigenvalue weighted by Gasteiger charge is 2.08. The van der Waals surface area contributed by atoms with Gasteiger partial charge in [0.2, 0.25) is 5.95 Å². The molecule has 0 radical (unpaired) electrons. The van der Waals surface area contributed by atoms with E-state index in [1.54, 1.807) is 23.1 Å². The Morgan fingerprint density at radius 2 is 2.00 bits per heavy atom. The van der Waals surface area contributed by atoms with Gasteiger partial charge in [-0.15, -0.1) is 11.3 Å². The quantitative estimate of drug-likeness (QED) is 0.735. The third-order valence-corrected chi connectivity index (χ3v) is 4.53. The summed E-state index contributed by atoms with van der Waals surface area (Å²) >= 11 is 3.40. The van der Waals surface area contributed by atoms with Crippen molar-refractivity contribution in [2.45, 2.75) is 9.24 Å². The van der Waals surface area contributed by atoms with E-state index in [0.717, 1.165) is 15.9 Å². The van der Waals surface area contributed by atoms with Gasteiger partial charge in [0.05, 0.1) is 9.73 Å². The second-order valence-corrected chi connectivity index (χ2v) is 5.89. The number of nitrogens with one attached hydrogen (secondary N) is 1. The van der Waals surface area contributed by atoms with E-state index in [-0.39, 0.29) is 0 Å². The summed E-state index contributed by atoms with van der Waals surface area (Å²) in [7, 11) is 1.84. The molecule has 90 valence electrons. The summed E-state index contributed by atoms with van der Waals surface area (Å²) in [5.74, 6) is 0.660. The fourth-order valence-corrected chi connectivity index (χ4v) is 3.45. The van der Waals surface area contributed by atoms with Crippen molar-refractivity contribution in [2.24, 2.45) is 0 Å². The first-order chi connectivity index (χ1) is 8.86. The van der Waals surface area contributed by atoms with Crippen LogP contribution in [-0.4, -0.2) is 17.0 Å². The van der Waals surface area contributed by atoms with E-state index < -0.39 is 0 Å². The molecule has 0 atom stereocenters. The van der Waals surface area contributed by atoms with E-state index in [1.165, 1.54) is 4.21 Å². The van der Waals surface area contributed by atoms with E-state index in [9.17, 15) is 0 Å². The lowest BCUT2D eigenvalue weighted by Gasteiger charge is -2.06. The molecule has 0 saturated heterocycles. The Hall–Kier alpha value is -1.59. The Morgan fingerprint density at radius 1 is 1.11 bits per heavy atom. The fraction of sp³-hybridized carbons (Fsp3) is 0.0769. The van der Waals surface area contributed by atoms with E-state index in [2.05, 4.69) is 38.9 Å². The largest absolute Gasteiger partial charge is 0.357 e. The molecule has 2 aromatic heterocycles. The molecule has 0 spiro atoms. The SMILES string of the molecule is CNc1nc(Sc2cccs2)c2ccccc2n1. The summed E-state index contributed by atoms with van der Waals surface area (Å²) in [4.78, 5) is 8.99. The van der Waals surface area contributed by atoms with Gasteiger partial charge in [-0.1, -0.05) is 36.0 Å². The van der Waals surface area contributed by atoms with E-state index in [0.29, 0.717) is 5.95 Å². The summed E-state index contributed by atoms with van der Waals surface area (Å²) < 4.78 is 1.24. The van der Waals surface area contributed by atoms with Crippen molar-refractivity contribution < 1.29 is 0 Å². The number of fused-ring (bicyclic) bond motifs is 1. The molecule has 1 N–H and O–H groups in total. The van der Waals surface area contributed by atoms with Crippen LogP contribution in [0.2, 0.25) is 0 Å². The fourth-order valence-electron chi connectivity index (χ4n) is 1.65. The zero-order valence-electron chi connectivity index (χ0n) is 9.75. The summed E-state index contributed by atoms with van der Waals surface area (Å²) in [6, 6.07) is 12.2. The average molecular weight is 273 g/mol. The van der Waals surface area contributed by atoms with Crippen LogP contribution >= 0.6 is 23.1 Å². The molecule has 0 saturated carbocycles. The van der Waals surface area contributed by atoms with Gasteiger partial charge in [0.15, 0.2) is 0 Å². The summed E-state index contributed by atoms with van der Waals surface area (Å²) in [5.41, 5.74) is 0.968. The predicted octanol–water partition coefficient (Wildman–Crippen LogP) is 3.88. The number of aromatic nitrogens is 2. The molecule has 0 bridgehead atoms. The zero-order valence-corrected chi connectivity index (χ0v) is 11.4. The van der Waals surface area contributed by atoms with Crippen LogP contribution in [0, 0.1) is 0 Å². The van der Waals surface area contributed by atoms with Crippen molar-refractivity contribution in [3.8, 4) is 0 Å². The van der Waals surface area contributed by atoms with Gasteiger partial charge in [0, 0.05) is 12.4 Å². The Balaban J connectivity index is 2.13. The van der Waals surface area contributed by atoms with Gasteiger partial charge in [-0.2, -0.15) is 0 Å². The number of benzene rings is 1. The van der Waals surface area contributed by atoms with E-state index in [1.807, 2.05) is 25.2 Å². The van der Waals surface area contributed by atoms with Gasteiger partial charge in [0.25, 0.3) is 0 Å². The number of hydrogen-bond acceptors (Lipinski definition) is 5. The van der Waals surface area contributed by atoms with Crippen molar-refractivity contribution in [1.82, 2.24) is 9.97 Å². The molecular weight excluding hydrogens is 262 g/mol. The first-order valence-corrected chi connectivity index (χ1v) is 7.22. The van der Waals surface area contributed by atoms with Crippen LogP contribution in [-0.2, 0) is 0 Å². The van der Waals surface area contributed by atoms with Crippen LogP contribution in [0.25, 0.3) is 10.9 Å². The minimum atomic E-state index is 0.660. The van der Waals surface area contributed by atoms with Crippen LogP contribution in [0.5, 0.6) is 0 Å². The molecule has 0 unspecified atom stereocenters. The third kappa shape index (κ3) is 2.19. The minimum absolute atomic E-state index is 0.660. The van der Waals surface area contributed by atoms with Crippen molar-refractivity contribution in [3.63, 3.8) is 0 Å². The summed E-state index contributed by atoms with van der Waals surface area (Å²) in [6.45, 7) is 0. The maximum absolute atomic E-state index is 4.54. The van der Waals surface area contributed by atoms with Crippen molar-refractivity contribution in [1.29, 1.82) is 0 Å². The molecule has 0 aliphatic rings. The lowest BCUT2D eigenvalue weighted by molar-refractivity contribution is 1.09. The van der Waals surface area contributed by atoms with E-state index >= 15 is 0 Å².